The van der Waals surface area contributed by atoms with Crippen LogP contribution in [0.15, 0.2) is 22.8 Å². The molecule has 0 aliphatic carbocycles. The molecule has 2 atom stereocenters. The normalized spacial score (nSPS) is 14.0. The third-order valence-corrected chi connectivity index (χ3v) is 3.12. The molecule has 0 aliphatic rings. The molecule has 1 aromatic heterocycles. The molecule has 0 saturated carbocycles. The predicted molar refractivity (Wildman–Crippen MR) is 74.2 cm³/mol. The second-order valence-corrected chi connectivity index (χ2v) is 4.87. The smallest absolute Gasteiger partial charge is 0.307 e. The van der Waals surface area contributed by atoms with Gasteiger partial charge in [0.2, 0.25) is 5.91 Å². The molecule has 1 rings (SSSR count). The highest BCUT2D eigenvalue weighted by Crippen LogP contribution is 2.12. The Balaban J connectivity index is 2.45. The molecular weight excluding hydrogens is 260 g/mol. The summed E-state index contributed by atoms with van der Waals surface area (Å²) in [5.41, 5.74) is 0. The molecule has 1 amide bonds. The van der Waals surface area contributed by atoms with E-state index in [2.05, 4.69) is 5.32 Å². The van der Waals surface area contributed by atoms with Crippen molar-refractivity contribution in [1.82, 2.24) is 10.2 Å². The molecule has 2 N–H and O–H groups in total. The standard InChI is InChI=1S/C14H22N2O4/c1-4-16(8-10(2)14(18)19)9-13(17)15-11(3)12-6-5-7-20-12/h5-7,10-11H,4,8-9H2,1-3H3,(H,15,17)(H,18,19). The minimum Gasteiger partial charge on any atom is -0.481 e. The number of carboxylic acid groups (broad SMARTS) is 1. The van der Waals surface area contributed by atoms with Crippen LogP contribution < -0.4 is 5.32 Å². The van der Waals surface area contributed by atoms with Crippen molar-refractivity contribution >= 4 is 11.9 Å². The number of amides is 1. The maximum Gasteiger partial charge on any atom is 0.307 e. The van der Waals surface area contributed by atoms with Crippen LogP contribution in [0.1, 0.15) is 32.6 Å². The highest BCUT2D eigenvalue weighted by molar-refractivity contribution is 5.78. The fraction of sp³-hybridized carbons (Fsp3) is 0.571. The maximum absolute atomic E-state index is 11.9. The van der Waals surface area contributed by atoms with Crippen LogP contribution in [0.3, 0.4) is 0 Å². The van der Waals surface area contributed by atoms with Crippen molar-refractivity contribution in [3.8, 4) is 0 Å². The molecule has 1 heterocycles. The van der Waals surface area contributed by atoms with Crippen LogP contribution >= 0.6 is 0 Å². The van der Waals surface area contributed by atoms with Gasteiger partial charge in [-0.3, -0.25) is 14.5 Å². The Labute approximate surface area is 118 Å². The van der Waals surface area contributed by atoms with Crippen molar-refractivity contribution in [3.63, 3.8) is 0 Å². The second-order valence-electron chi connectivity index (χ2n) is 4.87. The van der Waals surface area contributed by atoms with Gasteiger partial charge in [0, 0.05) is 6.54 Å². The molecule has 6 heteroatoms. The average Bonchev–Trinajstić information content (AvgIpc) is 2.91. The summed E-state index contributed by atoms with van der Waals surface area (Å²) in [6, 6.07) is 3.37. The molecule has 0 aromatic carbocycles. The lowest BCUT2D eigenvalue weighted by Crippen LogP contribution is -2.41. The zero-order valence-corrected chi connectivity index (χ0v) is 12.1. The Kier molecular flexibility index (Phi) is 6.24. The van der Waals surface area contributed by atoms with Crippen LogP contribution in [0.25, 0.3) is 0 Å². The van der Waals surface area contributed by atoms with Crippen molar-refractivity contribution in [2.24, 2.45) is 5.92 Å². The molecule has 0 saturated heterocycles. The molecule has 0 bridgehead atoms. The SMILES string of the molecule is CCN(CC(=O)NC(C)c1ccco1)CC(C)C(=O)O. The van der Waals surface area contributed by atoms with E-state index in [0.29, 0.717) is 18.8 Å². The van der Waals surface area contributed by atoms with E-state index in [-0.39, 0.29) is 18.5 Å². The van der Waals surface area contributed by atoms with E-state index in [1.807, 2.05) is 18.7 Å². The molecule has 2 unspecified atom stereocenters. The van der Waals surface area contributed by atoms with Crippen LogP contribution in [0.5, 0.6) is 0 Å². The summed E-state index contributed by atoms with van der Waals surface area (Å²) < 4.78 is 5.22. The lowest BCUT2D eigenvalue weighted by Gasteiger charge is -2.22. The number of carboxylic acids is 1. The van der Waals surface area contributed by atoms with Crippen molar-refractivity contribution in [1.29, 1.82) is 0 Å². The minimum absolute atomic E-state index is 0.145. The quantitative estimate of drug-likeness (QED) is 0.755. The Bertz CT molecular complexity index is 430. The molecule has 0 fully saturated rings. The van der Waals surface area contributed by atoms with Gasteiger partial charge in [-0.25, -0.2) is 0 Å². The van der Waals surface area contributed by atoms with Crippen LogP contribution in [-0.2, 0) is 9.59 Å². The highest BCUT2D eigenvalue weighted by Gasteiger charge is 2.18. The van der Waals surface area contributed by atoms with Gasteiger partial charge >= 0.3 is 5.97 Å². The molecule has 6 nitrogen and oxygen atoms in total. The third-order valence-electron chi connectivity index (χ3n) is 3.12. The van der Waals surface area contributed by atoms with E-state index in [9.17, 15) is 9.59 Å². The van der Waals surface area contributed by atoms with E-state index in [1.54, 1.807) is 25.3 Å². The number of carbonyl (C=O) groups excluding carboxylic acids is 1. The Hall–Kier alpha value is -1.82. The van der Waals surface area contributed by atoms with Gasteiger partial charge in [0.25, 0.3) is 0 Å². The first-order valence-corrected chi connectivity index (χ1v) is 6.72. The van der Waals surface area contributed by atoms with Crippen LogP contribution in [-0.4, -0.2) is 41.5 Å². The third kappa shape index (κ3) is 5.05. The number of nitrogens with zero attached hydrogens (tertiary/aromatic N) is 1. The zero-order valence-electron chi connectivity index (χ0n) is 12.1. The number of nitrogens with one attached hydrogen (secondary N) is 1. The number of hydrogen-bond donors (Lipinski definition) is 2. The van der Waals surface area contributed by atoms with Crippen molar-refractivity contribution < 1.29 is 19.1 Å². The summed E-state index contributed by atoms with van der Waals surface area (Å²) >= 11 is 0. The first-order chi connectivity index (χ1) is 9.43. The Morgan fingerprint density at radius 2 is 2.15 bits per heavy atom. The fourth-order valence-electron chi connectivity index (χ4n) is 1.87. The van der Waals surface area contributed by atoms with E-state index in [0.717, 1.165) is 0 Å². The summed E-state index contributed by atoms with van der Waals surface area (Å²) in [6.07, 6.45) is 1.56. The predicted octanol–water partition coefficient (Wildman–Crippen LogP) is 1.50. The number of likely N-dealkylation sites (N-methyl/N-ethyl adjacent to an activating group) is 1. The van der Waals surface area contributed by atoms with Crippen LogP contribution in [0.4, 0.5) is 0 Å². The Morgan fingerprint density at radius 3 is 2.65 bits per heavy atom. The van der Waals surface area contributed by atoms with E-state index in [1.165, 1.54) is 0 Å². The lowest BCUT2D eigenvalue weighted by molar-refractivity contribution is -0.142. The summed E-state index contributed by atoms with van der Waals surface area (Å²) in [4.78, 5) is 24.6. The summed E-state index contributed by atoms with van der Waals surface area (Å²) in [6.45, 7) is 6.53. The van der Waals surface area contributed by atoms with Crippen molar-refractivity contribution in [2.75, 3.05) is 19.6 Å². The first kappa shape index (κ1) is 16.2. The largest absolute Gasteiger partial charge is 0.481 e. The van der Waals surface area contributed by atoms with Gasteiger partial charge in [0.1, 0.15) is 5.76 Å². The molecule has 0 aliphatic heterocycles. The fourth-order valence-corrected chi connectivity index (χ4v) is 1.87. The second kappa shape index (κ2) is 7.69. The number of carbonyl (C=O) groups is 2. The van der Waals surface area contributed by atoms with Crippen LogP contribution in [0, 0.1) is 5.92 Å². The number of rotatable bonds is 8. The van der Waals surface area contributed by atoms with Gasteiger partial charge in [0.15, 0.2) is 0 Å². The number of aliphatic carboxylic acids is 1. The van der Waals surface area contributed by atoms with Gasteiger partial charge in [-0.1, -0.05) is 13.8 Å². The number of hydrogen-bond acceptors (Lipinski definition) is 4. The first-order valence-electron chi connectivity index (χ1n) is 6.72. The number of furan rings is 1. The summed E-state index contributed by atoms with van der Waals surface area (Å²) in [5.74, 6) is -0.799. The van der Waals surface area contributed by atoms with Crippen LogP contribution in [0.2, 0.25) is 0 Å². The Morgan fingerprint density at radius 1 is 1.45 bits per heavy atom. The van der Waals surface area contributed by atoms with Gasteiger partial charge in [-0.05, 0) is 25.6 Å². The monoisotopic (exact) mass is 282 g/mol. The molecule has 112 valence electrons. The summed E-state index contributed by atoms with van der Waals surface area (Å²) in [5, 5.41) is 11.7. The maximum atomic E-state index is 11.9. The van der Waals surface area contributed by atoms with E-state index >= 15 is 0 Å². The average molecular weight is 282 g/mol. The topological polar surface area (TPSA) is 82.8 Å². The van der Waals surface area contributed by atoms with E-state index < -0.39 is 11.9 Å². The highest BCUT2D eigenvalue weighted by atomic mass is 16.4. The van der Waals surface area contributed by atoms with Crippen molar-refractivity contribution in [2.45, 2.75) is 26.8 Å². The molecule has 0 spiro atoms. The summed E-state index contributed by atoms with van der Waals surface area (Å²) in [7, 11) is 0. The van der Waals surface area contributed by atoms with Gasteiger partial charge in [-0.2, -0.15) is 0 Å². The minimum atomic E-state index is -0.854. The van der Waals surface area contributed by atoms with Crippen molar-refractivity contribution in [3.05, 3.63) is 24.2 Å². The molecule has 20 heavy (non-hydrogen) atoms. The molecule has 1 aromatic rings. The zero-order chi connectivity index (χ0) is 15.1. The van der Waals surface area contributed by atoms with E-state index in [4.69, 9.17) is 9.52 Å². The lowest BCUT2D eigenvalue weighted by atomic mass is 10.1. The molecular formula is C14H22N2O4. The van der Waals surface area contributed by atoms with Gasteiger partial charge < -0.3 is 14.8 Å². The van der Waals surface area contributed by atoms with Gasteiger partial charge in [0.05, 0.1) is 24.8 Å². The molecule has 0 radical (unpaired) electrons. The van der Waals surface area contributed by atoms with Gasteiger partial charge in [-0.15, -0.1) is 0 Å².